The Hall–Kier alpha value is -2.50. The first kappa shape index (κ1) is 19.8. The van der Waals surface area contributed by atoms with Gasteiger partial charge >= 0.3 is 0 Å². The van der Waals surface area contributed by atoms with E-state index in [4.69, 9.17) is 9.47 Å². The number of carbonyl (C=O) groups excluding carboxylic acids is 2. The maximum atomic E-state index is 12.3. The van der Waals surface area contributed by atoms with Crippen molar-refractivity contribution in [3.05, 3.63) is 29.8 Å². The molecule has 0 aliphatic carbocycles. The molecule has 26 heavy (non-hydrogen) atoms. The molecule has 142 valence electrons. The van der Waals surface area contributed by atoms with Crippen molar-refractivity contribution in [1.82, 2.24) is 9.80 Å². The minimum atomic E-state index is -0.0440. The van der Waals surface area contributed by atoms with E-state index in [-0.39, 0.29) is 11.8 Å². The Bertz CT molecular complexity index is 649. The topological polar surface area (TPSA) is 59.1 Å². The lowest BCUT2D eigenvalue weighted by Gasteiger charge is -2.33. The first-order chi connectivity index (χ1) is 12.5. The van der Waals surface area contributed by atoms with Crippen LogP contribution in [0.4, 0.5) is 0 Å². The summed E-state index contributed by atoms with van der Waals surface area (Å²) in [5, 5.41) is 0. The minimum absolute atomic E-state index is 0.0440. The number of amides is 2. The summed E-state index contributed by atoms with van der Waals surface area (Å²) in [6.45, 7) is 9.04. The van der Waals surface area contributed by atoms with Gasteiger partial charge in [0.05, 0.1) is 13.2 Å². The summed E-state index contributed by atoms with van der Waals surface area (Å²) < 4.78 is 11.3. The Morgan fingerprint density at radius 3 is 2.35 bits per heavy atom. The number of nitrogens with zero attached hydrogens (tertiary/aromatic N) is 2. The van der Waals surface area contributed by atoms with E-state index in [0.717, 1.165) is 17.7 Å². The largest absolute Gasteiger partial charge is 0.490 e. The smallest absolute Gasteiger partial charge is 0.246 e. The lowest BCUT2D eigenvalue weighted by Crippen LogP contribution is -2.49. The summed E-state index contributed by atoms with van der Waals surface area (Å²) in [5.41, 5.74) is 0.882. The van der Waals surface area contributed by atoms with Gasteiger partial charge < -0.3 is 19.3 Å². The van der Waals surface area contributed by atoms with E-state index in [1.807, 2.05) is 25.1 Å². The van der Waals surface area contributed by atoms with Gasteiger partial charge in [-0.15, -0.1) is 0 Å². The zero-order valence-corrected chi connectivity index (χ0v) is 15.9. The SMILES string of the molecule is CCCOc1ccc(C=CC(=O)N2CCN(C(C)=O)CC2)cc1OCC. The molecule has 2 rings (SSSR count). The molecule has 1 aromatic rings. The zero-order valence-electron chi connectivity index (χ0n) is 15.9. The number of ether oxygens (including phenoxy) is 2. The molecule has 6 heteroatoms. The average molecular weight is 360 g/mol. The van der Waals surface area contributed by atoms with Gasteiger partial charge in [-0.25, -0.2) is 0 Å². The van der Waals surface area contributed by atoms with Crippen LogP contribution in [0.2, 0.25) is 0 Å². The van der Waals surface area contributed by atoms with E-state index < -0.39 is 0 Å². The molecular weight excluding hydrogens is 332 g/mol. The fraction of sp³-hybridized carbons (Fsp3) is 0.500. The Labute approximate surface area is 155 Å². The summed E-state index contributed by atoms with van der Waals surface area (Å²) in [6, 6.07) is 5.66. The quantitative estimate of drug-likeness (QED) is 0.701. The van der Waals surface area contributed by atoms with Crippen LogP contribution in [0.1, 0.15) is 32.8 Å². The summed E-state index contributed by atoms with van der Waals surface area (Å²) in [6.07, 6.45) is 4.28. The predicted octanol–water partition coefficient (Wildman–Crippen LogP) is 2.58. The second kappa shape index (κ2) is 9.85. The van der Waals surface area contributed by atoms with E-state index >= 15 is 0 Å². The second-order valence-corrected chi connectivity index (χ2v) is 6.15. The first-order valence-electron chi connectivity index (χ1n) is 9.17. The van der Waals surface area contributed by atoms with Crippen molar-refractivity contribution in [2.24, 2.45) is 0 Å². The normalized spacial score (nSPS) is 14.6. The van der Waals surface area contributed by atoms with Crippen molar-refractivity contribution in [1.29, 1.82) is 0 Å². The van der Waals surface area contributed by atoms with Crippen LogP contribution in [0.15, 0.2) is 24.3 Å². The Kier molecular flexibility index (Phi) is 7.51. The highest BCUT2D eigenvalue weighted by Gasteiger charge is 2.20. The maximum absolute atomic E-state index is 12.3. The fourth-order valence-corrected chi connectivity index (χ4v) is 2.74. The average Bonchev–Trinajstić information content (AvgIpc) is 2.65. The van der Waals surface area contributed by atoms with Crippen LogP contribution in [-0.2, 0) is 9.59 Å². The zero-order chi connectivity index (χ0) is 18.9. The molecule has 1 aliphatic heterocycles. The van der Waals surface area contributed by atoms with Gasteiger partial charge in [0.15, 0.2) is 11.5 Å². The fourth-order valence-electron chi connectivity index (χ4n) is 2.74. The van der Waals surface area contributed by atoms with Crippen LogP contribution in [0.5, 0.6) is 11.5 Å². The molecule has 0 bridgehead atoms. The van der Waals surface area contributed by atoms with E-state index in [1.165, 1.54) is 0 Å². The molecule has 1 heterocycles. The van der Waals surface area contributed by atoms with E-state index in [2.05, 4.69) is 6.92 Å². The van der Waals surface area contributed by atoms with Gasteiger partial charge in [-0.05, 0) is 37.1 Å². The van der Waals surface area contributed by atoms with Gasteiger partial charge in [-0.2, -0.15) is 0 Å². The van der Waals surface area contributed by atoms with E-state index in [1.54, 1.807) is 28.9 Å². The van der Waals surface area contributed by atoms with Crippen molar-refractivity contribution in [3.8, 4) is 11.5 Å². The van der Waals surface area contributed by atoms with Crippen LogP contribution in [-0.4, -0.2) is 61.0 Å². The molecule has 0 unspecified atom stereocenters. The Balaban J connectivity index is 1.99. The standard InChI is InChI=1S/C20H28N2O4/c1-4-14-26-18-8-6-17(15-19(18)25-5-2)7-9-20(24)22-12-10-21(11-13-22)16(3)23/h6-9,15H,4-5,10-14H2,1-3H3. The number of rotatable bonds is 7. The molecule has 0 saturated carbocycles. The van der Waals surface area contributed by atoms with E-state index in [9.17, 15) is 9.59 Å². The minimum Gasteiger partial charge on any atom is -0.490 e. The van der Waals surface area contributed by atoms with Gasteiger partial charge in [0.2, 0.25) is 11.8 Å². The molecule has 0 aromatic heterocycles. The third-order valence-electron chi connectivity index (χ3n) is 4.18. The second-order valence-electron chi connectivity index (χ2n) is 6.15. The Morgan fingerprint density at radius 1 is 1.04 bits per heavy atom. The molecule has 6 nitrogen and oxygen atoms in total. The van der Waals surface area contributed by atoms with Crippen molar-refractivity contribution in [3.63, 3.8) is 0 Å². The third kappa shape index (κ3) is 5.51. The highest BCUT2D eigenvalue weighted by Crippen LogP contribution is 2.29. The van der Waals surface area contributed by atoms with Crippen LogP contribution in [0.3, 0.4) is 0 Å². The predicted molar refractivity (Wildman–Crippen MR) is 101 cm³/mol. The third-order valence-corrected chi connectivity index (χ3v) is 4.18. The number of hydrogen-bond acceptors (Lipinski definition) is 4. The molecular formula is C20H28N2O4. The number of hydrogen-bond donors (Lipinski definition) is 0. The van der Waals surface area contributed by atoms with E-state index in [0.29, 0.717) is 45.1 Å². The van der Waals surface area contributed by atoms with Crippen molar-refractivity contribution in [2.75, 3.05) is 39.4 Å². The summed E-state index contributed by atoms with van der Waals surface area (Å²) in [4.78, 5) is 27.2. The highest BCUT2D eigenvalue weighted by atomic mass is 16.5. The van der Waals surface area contributed by atoms with Gasteiger partial charge in [-0.1, -0.05) is 13.0 Å². The molecule has 0 radical (unpaired) electrons. The van der Waals surface area contributed by atoms with Crippen molar-refractivity contribution < 1.29 is 19.1 Å². The monoisotopic (exact) mass is 360 g/mol. The molecule has 0 N–H and O–H groups in total. The molecule has 1 fully saturated rings. The lowest BCUT2D eigenvalue weighted by molar-refractivity contribution is -0.135. The lowest BCUT2D eigenvalue weighted by atomic mass is 10.1. The van der Waals surface area contributed by atoms with Gasteiger partial charge in [0.1, 0.15) is 0 Å². The van der Waals surface area contributed by atoms with Crippen LogP contribution < -0.4 is 9.47 Å². The summed E-state index contributed by atoms with van der Waals surface area (Å²) in [5.74, 6) is 1.42. The molecule has 2 amide bonds. The summed E-state index contributed by atoms with van der Waals surface area (Å²) >= 11 is 0. The van der Waals surface area contributed by atoms with Gasteiger partial charge in [0.25, 0.3) is 0 Å². The molecule has 1 saturated heterocycles. The number of carbonyl (C=O) groups is 2. The first-order valence-corrected chi connectivity index (χ1v) is 9.17. The Morgan fingerprint density at radius 2 is 1.73 bits per heavy atom. The molecule has 1 aliphatic rings. The molecule has 1 aromatic carbocycles. The van der Waals surface area contributed by atoms with Crippen LogP contribution >= 0.6 is 0 Å². The molecule has 0 spiro atoms. The highest BCUT2D eigenvalue weighted by molar-refractivity contribution is 5.92. The van der Waals surface area contributed by atoms with Gasteiger partial charge in [0, 0.05) is 39.2 Å². The van der Waals surface area contributed by atoms with Crippen LogP contribution in [0.25, 0.3) is 6.08 Å². The van der Waals surface area contributed by atoms with Crippen molar-refractivity contribution >= 4 is 17.9 Å². The van der Waals surface area contributed by atoms with Crippen molar-refractivity contribution in [2.45, 2.75) is 27.2 Å². The number of benzene rings is 1. The van der Waals surface area contributed by atoms with Gasteiger partial charge in [-0.3, -0.25) is 9.59 Å². The molecule has 0 atom stereocenters. The van der Waals surface area contributed by atoms with Crippen LogP contribution in [0, 0.1) is 0 Å². The number of piperazine rings is 1. The maximum Gasteiger partial charge on any atom is 0.246 e. The summed E-state index contributed by atoms with van der Waals surface area (Å²) in [7, 11) is 0.